The summed E-state index contributed by atoms with van der Waals surface area (Å²) in [6.07, 6.45) is 4.66. The van der Waals surface area contributed by atoms with E-state index in [1.54, 1.807) is 7.11 Å². The Morgan fingerprint density at radius 1 is 1.39 bits per heavy atom. The highest BCUT2D eigenvalue weighted by atomic mass is 16.5. The molecule has 1 saturated carbocycles. The van der Waals surface area contributed by atoms with E-state index < -0.39 is 0 Å². The SMILES string of the molecule is COc1cccc(CC2(N)CCCC(C)C2C)c1. The predicted octanol–water partition coefficient (Wildman–Crippen LogP) is 3.39. The Morgan fingerprint density at radius 2 is 2.17 bits per heavy atom. The van der Waals surface area contributed by atoms with Gasteiger partial charge in [0.15, 0.2) is 0 Å². The minimum atomic E-state index is -0.0516. The Labute approximate surface area is 111 Å². The maximum absolute atomic E-state index is 6.68. The van der Waals surface area contributed by atoms with Crippen molar-refractivity contribution in [3.63, 3.8) is 0 Å². The van der Waals surface area contributed by atoms with Crippen LogP contribution in [0.3, 0.4) is 0 Å². The minimum Gasteiger partial charge on any atom is -0.497 e. The first-order valence-electron chi connectivity index (χ1n) is 6.97. The summed E-state index contributed by atoms with van der Waals surface area (Å²) in [5.74, 6) is 2.24. The fraction of sp³-hybridized carbons (Fsp3) is 0.625. The van der Waals surface area contributed by atoms with E-state index in [1.165, 1.54) is 18.4 Å². The average molecular weight is 247 g/mol. The monoisotopic (exact) mass is 247 g/mol. The van der Waals surface area contributed by atoms with Crippen LogP contribution in [-0.2, 0) is 6.42 Å². The van der Waals surface area contributed by atoms with Crippen molar-refractivity contribution in [2.75, 3.05) is 7.11 Å². The maximum atomic E-state index is 6.68. The molecular weight excluding hydrogens is 222 g/mol. The summed E-state index contributed by atoms with van der Waals surface area (Å²) in [4.78, 5) is 0. The number of rotatable bonds is 3. The van der Waals surface area contributed by atoms with E-state index in [1.807, 2.05) is 6.07 Å². The van der Waals surface area contributed by atoms with Gasteiger partial charge in [0.05, 0.1) is 7.11 Å². The third-order valence-corrected chi connectivity index (χ3v) is 4.73. The molecule has 100 valence electrons. The zero-order valence-corrected chi connectivity index (χ0v) is 11.8. The molecule has 1 fully saturated rings. The molecule has 1 aromatic carbocycles. The van der Waals surface area contributed by atoms with Gasteiger partial charge in [-0.25, -0.2) is 0 Å². The zero-order chi connectivity index (χ0) is 13.2. The van der Waals surface area contributed by atoms with E-state index in [9.17, 15) is 0 Å². The summed E-state index contributed by atoms with van der Waals surface area (Å²) in [6.45, 7) is 4.64. The van der Waals surface area contributed by atoms with Crippen molar-refractivity contribution in [3.05, 3.63) is 29.8 Å². The van der Waals surface area contributed by atoms with Gasteiger partial charge in [-0.05, 0) is 42.4 Å². The Balaban J connectivity index is 2.15. The molecule has 0 spiro atoms. The van der Waals surface area contributed by atoms with E-state index in [-0.39, 0.29) is 5.54 Å². The summed E-state index contributed by atoms with van der Waals surface area (Å²) >= 11 is 0. The lowest BCUT2D eigenvalue weighted by atomic mass is 9.66. The first-order chi connectivity index (χ1) is 8.55. The smallest absolute Gasteiger partial charge is 0.119 e. The average Bonchev–Trinajstić information content (AvgIpc) is 2.36. The van der Waals surface area contributed by atoms with E-state index >= 15 is 0 Å². The molecule has 3 atom stereocenters. The number of ether oxygens (including phenoxy) is 1. The van der Waals surface area contributed by atoms with Gasteiger partial charge in [0.1, 0.15) is 5.75 Å². The van der Waals surface area contributed by atoms with Crippen molar-refractivity contribution in [2.45, 2.75) is 45.1 Å². The van der Waals surface area contributed by atoms with Crippen LogP contribution in [0.4, 0.5) is 0 Å². The van der Waals surface area contributed by atoms with Crippen LogP contribution in [-0.4, -0.2) is 12.6 Å². The lowest BCUT2D eigenvalue weighted by Gasteiger charge is -2.43. The van der Waals surface area contributed by atoms with Crippen molar-refractivity contribution >= 4 is 0 Å². The standard InChI is InChI=1S/C16H25NO/c1-12-6-5-9-16(17,13(12)2)11-14-7-4-8-15(10-14)18-3/h4,7-8,10,12-13H,5-6,9,11,17H2,1-3H3. The van der Waals surface area contributed by atoms with Crippen molar-refractivity contribution in [3.8, 4) is 5.75 Å². The Morgan fingerprint density at radius 3 is 2.89 bits per heavy atom. The first kappa shape index (κ1) is 13.4. The van der Waals surface area contributed by atoms with Gasteiger partial charge >= 0.3 is 0 Å². The number of methoxy groups -OCH3 is 1. The van der Waals surface area contributed by atoms with E-state index in [2.05, 4.69) is 32.0 Å². The molecule has 0 aromatic heterocycles. The lowest BCUT2D eigenvalue weighted by molar-refractivity contribution is 0.143. The second-order valence-electron chi connectivity index (χ2n) is 5.92. The highest BCUT2D eigenvalue weighted by Crippen LogP contribution is 2.38. The molecule has 1 aliphatic rings. The summed E-state index contributed by atoms with van der Waals surface area (Å²) in [6, 6.07) is 8.30. The van der Waals surface area contributed by atoms with Crippen LogP contribution in [0.1, 0.15) is 38.7 Å². The van der Waals surface area contributed by atoms with E-state index in [0.717, 1.165) is 24.5 Å². The van der Waals surface area contributed by atoms with Crippen LogP contribution in [0.15, 0.2) is 24.3 Å². The molecular formula is C16H25NO. The Bertz CT molecular complexity index is 404. The molecule has 0 bridgehead atoms. The van der Waals surface area contributed by atoms with Gasteiger partial charge in [-0.2, -0.15) is 0 Å². The van der Waals surface area contributed by atoms with Gasteiger partial charge in [0.25, 0.3) is 0 Å². The molecule has 1 aliphatic carbocycles. The van der Waals surface area contributed by atoms with Gasteiger partial charge in [-0.15, -0.1) is 0 Å². The molecule has 0 heterocycles. The van der Waals surface area contributed by atoms with Crippen LogP contribution in [0.5, 0.6) is 5.75 Å². The van der Waals surface area contributed by atoms with Crippen LogP contribution in [0, 0.1) is 11.8 Å². The Kier molecular flexibility index (Phi) is 3.96. The summed E-state index contributed by atoms with van der Waals surface area (Å²) in [5, 5.41) is 0. The molecule has 2 nitrogen and oxygen atoms in total. The fourth-order valence-electron chi connectivity index (χ4n) is 3.21. The van der Waals surface area contributed by atoms with Crippen LogP contribution in [0.25, 0.3) is 0 Å². The molecule has 2 heteroatoms. The zero-order valence-electron chi connectivity index (χ0n) is 11.8. The van der Waals surface area contributed by atoms with Crippen molar-refractivity contribution in [1.29, 1.82) is 0 Å². The molecule has 0 saturated heterocycles. The first-order valence-corrected chi connectivity index (χ1v) is 6.97. The summed E-state index contributed by atoms with van der Waals surface area (Å²) < 4.78 is 5.28. The quantitative estimate of drug-likeness (QED) is 0.888. The highest BCUT2D eigenvalue weighted by molar-refractivity contribution is 5.30. The number of nitrogens with two attached hydrogens (primary N) is 1. The lowest BCUT2D eigenvalue weighted by Crippen LogP contribution is -2.52. The van der Waals surface area contributed by atoms with Gasteiger partial charge in [0.2, 0.25) is 0 Å². The molecule has 3 unspecified atom stereocenters. The molecule has 2 N–H and O–H groups in total. The molecule has 18 heavy (non-hydrogen) atoms. The van der Waals surface area contributed by atoms with Crippen molar-refractivity contribution < 1.29 is 4.74 Å². The van der Waals surface area contributed by atoms with Crippen molar-refractivity contribution in [2.24, 2.45) is 17.6 Å². The summed E-state index contributed by atoms with van der Waals surface area (Å²) in [5.41, 5.74) is 7.91. The van der Waals surface area contributed by atoms with Gasteiger partial charge in [-0.3, -0.25) is 0 Å². The largest absolute Gasteiger partial charge is 0.497 e. The molecule has 0 amide bonds. The maximum Gasteiger partial charge on any atom is 0.119 e. The predicted molar refractivity (Wildman–Crippen MR) is 75.8 cm³/mol. The highest BCUT2D eigenvalue weighted by Gasteiger charge is 2.38. The third-order valence-electron chi connectivity index (χ3n) is 4.73. The molecule has 2 rings (SSSR count). The number of hydrogen-bond acceptors (Lipinski definition) is 2. The van der Waals surface area contributed by atoms with Crippen LogP contribution < -0.4 is 10.5 Å². The molecule has 0 aliphatic heterocycles. The van der Waals surface area contributed by atoms with Gasteiger partial charge < -0.3 is 10.5 Å². The van der Waals surface area contributed by atoms with Crippen LogP contribution >= 0.6 is 0 Å². The van der Waals surface area contributed by atoms with E-state index in [4.69, 9.17) is 10.5 Å². The normalized spacial score (nSPS) is 32.2. The molecule has 1 aromatic rings. The van der Waals surface area contributed by atoms with Crippen molar-refractivity contribution in [1.82, 2.24) is 0 Å². The topological polar surface area (TPSA) is 35.2 Å². The number of benzene rings is 1. The molecule has 0 radical (unpaired) electrons. The second-order valence-corrected chi connectivity index (χ2v) is 5.92. The third kappa shape index (κ3) is 2.69. The second kappa shape index (κ2) is 5.31. The van der Waals surface area contributed by atoms with Gasteiger partial charge in [-0.1, -0.05) is 38.8 Å². The summed E-state index contributed by atoms with van der Waals surface area (Å²) in [7, 11) is 1.71. The minimum absolute atomic E-state index is 0.0516. The Hall–Kier alpha value is -1.02. The van der Waals surface area contributed by atoms with E-state index in [0.29, 0.717) is 5.92 Å². The van der Waals surface area contributed by atoms with Crippen LogP contribution in [0.2, 0.25) is 0 Å². The number of hydrogen-bond donors (Lipinski definition) is 1. The van der Waals surface area contributed by atoms with Gasteiger partial charge in [0, 0.05) is 5.54 Å². The fourth-order valence-corrected chi connectivity index (χ4v) is 3.21.